The van der Waals surface area contributed by atoms with Gasteiger partial charge in [-0.25, -0.2) is 0 Å². The van der Waals surface area contributed by atoms with Crippen LogP contribution < -0.4 is 15.9 Å². The van der Waals surface area contributed by atoms with Crippen LogP contribution in [0.5, 0.6) is 5.75 Å². The van der Waals surface area contributed by atoms with Crippen LogP contribution in [-0.2, 0) is 15.9 Å². The molecule has 2 saturated heterocycles. The Hall–Kier alpha value is -2.35. The minimum Gasteiger partial charge on any atom is -0.489 e. The Balaban J connectivity index is 1.31. The number of nitrogens with two attached hydrogens (primary N) is 1. The lowest BCUT2D eigenvalue weighted by Gasteiger charge is -2.38. The first-order chi connectivity index (χ1) is 16.1. The zero-order chi connectivity index (χ0) is 24.1. The van der Waals surface area contributed by atoms with Crippen molar-refractivity contribution in [1.29, 1.82) is 0 Å². The van der Waals surface area contributed by atoms with Crippen LogP contribution in [0.25, 0.3) is 0 Å². The van der Waals surface area contributed by atoms with Crippen molar-refractivity contribution in [1.82, 2.24) is 4.90 Å². The maximum absolute atomic E-state index is 12.4. The second-order valence-electron chi connectivity index (χ2n) is 11.1. The van der Waals surface area contributed by atoms with Crippen molar-refractivity contribution in [2.45, 2.75) is 64.4 Å². The number of rotatable bonds is 6. The molecule has 0 radical (unpaired) electrons. The smallest absolute Gasteiger partial charge is 0.489 e. The molecule has 0 unspecified atom stereocenters. The molecule has 2 aromatic carbocycles. The molecule has 3 atom stereocenters. The fourth-order valence-corrected chi connectivity index (χ4v) is 5.55. The molecule has 7 heteroatoms. The van der Waals surface area contributed by atoms with Gasteiger partial charge in [-0.1, -0.05) is 36.4 Å². The Morgan fingerprint density at radius 3 is 2.24 bits per heavy atom. The second kappa shape index (κ2) is 8.70. The standard InChI is InChI=1S/C27H35BN2O4/c1-26(2)27(3,4)34-28(33-26)21-12-13-23(22(14-21)25(29)31)32-24-19-10-11-20(24)17-30(16-19)15-18-8-6-5-7-9-18/h5-9,12-14,19-20,24H,10-11,15-17H2,1-4H3,(H2,29,31)/t19-,20+,24-. The largest absolute Gasteiger partial charge is 0.494 e. The third-order valence-electron chi connectivity index (χ3n) is 8.13. The fraction of sp³-hybridized carbons (Fsp3) is 0.519. The van der Waals surface area contributed by atoms with Crippen molar-refractivity contribution in [3.8, 4) is 5.75 Å². The van der Waals surface area contributed by atoms with Crippen LogP contribution >= 0.6 is 0 Å². The minimum atomic E-state index is -0.547. The molecule has 2 heterocycles. The molecule has 0 aromatic heterocycles. The SMILES string of the molecule is CC1(C)OB(c2ccc(O[C@@H]3[C@@H]4CC[C@H]3CN(Cc3ccccc3)C4)c(C(N)=O)c2)OC1(C)C. The van der Waals surface area contributed by atoms with E-state index >= 15 is 0 Å². The second-order valence-corrected chi connectivity index (χ2v) is 11.1. The lowest BCUT2D eigenvalue weighted by molar-refractivity contribution is 0.00578. The molecule has 180 valence electrons. The summed E-state index contributed by atoms with van der Waals surface area (Å²) in [6.07, 6.45) is 2.41. The Morgan fingerprint density at radius 2 is 1.65 bits per heavy atom. The summed E-state index contributed by atoms with van der Waals surface area (Å²) in [6.45, 7) is 11.0. The number of benzene rings is 2. The van der Waals surface area contributed by atoms with Gasteiger partial charge in [-0.05, 0) is 63.7 Å². The van der Waals surface area contributed by atoms with Crippen molar-refractivity contribution in [2.24, 2.45) is 17.6 Å². The van der Waals surface area contributed by atoms with Gasteiger partial charge in [-0.15, -0.1) is 0 Å². The number of likely N-dealkylation sites (tertiary alicyclic amines) is 1. The van der Waals surface area contributed by atoms with E-state index in [-0.39, 0.29) is 6.10 Å². The maximum Gasteiger partial charge on any atom is 0.494 e. The van der Waals surface area contributed by atoms with Crippen molar-refractivity contribution in [3.63, 3.8) is 0 Å². The predicted molar refractivity (Wildman–Crippen MR) is 133 cm³/mol. The average molecular weight is 462 g/mol. The average Bonchev–Trinajstić information content (AvgIpc) is 3.14. The summed E-state index contributed by atoms with van der Waals surface area (Å²) in [5.74, 6) is 0.963. The van der Waals surface area contributed by atoms with Gasteiger partial charge in [-0.2, -0.15) is 0 Å². The van der Waals surface area contributed by atoms with Crippen LogP contribution in [0.4, 0.5) is 0 Å². The summed E-state index contributed by atoms with van der Waals surface area (Å²) in [6, 6.07) is 16.2. The number of primary amides is 1. The summed E-state index contributed by atoms with van der Waals surface area (Å²) in [5, 5.41) is 0. The highest BCUT2D eigenvalue weighted by molar-refractivity contribution is 6.62. The van der Waals surface area contributed by atoms with Gasteiger partial charge >= 0.3 is 7.12 Å². The van der Waals surface area contributed by atoms with Gasteiger partial charge in [0, 0.05) is 31.5 Å². The van der Waals surface area contributed by atoms with Gasteiger partial charge in [0.25, 0.3) is 5.91 Å². The molecule has 3 aliphatic rings. The molecule has 1 amide bonds. The fourth-order valence-electron chi connectivity index (χ4n) is 5.55. The van der Waals surface area contributed by atoms with Gasteiger partial charge in [0.1, 0.15) is 11.9 Å². The van der Waals surface area contributed by atoms with Crippen LogP contribution in [0.2, 0.25) is 0 Å². The van der Waals surface area contributed by atoms with Crippen molar-refractivity contribution < 1.29 is 18.8 Å². The first-order valence-corrected chi connectivity index (χ1v) is 12.4. The minimum absolute atomic E-state index is 0.104. The Kier molecular flexibility index (Phi) is 5.99. The highest BCUT2D eigenvalue weighted by Gasteiger charge is 2.52. The van der Waals surface area contributed by atoms with E-state index in [4.69, 9.17) is 19.8 Å². The quantitative estimate of drug-likeness (QED) is 0.667. The number of hydrogen-bond donors (Lipinski definition) is 1. The first kappa shape index (κ1) is 23.4. The molecule has 2 aliphatic heterocycles. The number of carbonyl (C=O) groups excluding carboxylic acids is 1. The number of nitrogens with zero attached hydrogens (tertiary/aromatic N) is 1. The Bertz CT molecular complexity index is 1030. The van der Waals surface area contributed by atoms with Crippen molar-refractivity contribution in [3.05, 3.63) is 59.7 Å². The molecule has 34 heavy (non-hydrogen) atoms. The number of hydrogen-bond acceptors (Lipinski definition) is 5. The summed E-state index contributed by atoms with van der Waals surface area (Å²) in [5.41, 5.74) is 7.38. The molecule has 0 spiro atoms. The Morgan fingerprint density at radius 1 is 1.03 bits per heavy atom. The molecule has 2 aromatic rings. The number of fused-ring (bicyclic) bond motifs is 2. The number of carbonyl (C=O) groups is 1. The summed E-state index contributed by atoms with van der Waals surface area (Å²) >= 11 is 0. The van der Waals surface area contributed by atoms with E-state index in [1.807, 2.05) is 39.8 Å². The molecule has 2 N–H and O–H groups in total. The van der Waals surface area contributed by atoms with Crippen molar-refractivity contribution in [2.75, 3.05) is 13.1 Å². The number of ether oxygens (including phenoxy) is 1. The van der Waals surface area contributed by atoms with E-state index in [1.54, 1.807) is 6.07 Å². The summed E-state index contributed by atoms with van der Waals surface area (Å²) < 4.78 is 18.8. The lowest BCUT2D eigenvalue weighted by atomic mass is 9.78. The number of piperidine rings is 1. The molecular weight excluding hydrogens is 427 g/mol. The topological polar surface area (TPSA) is 74.0 Å². The van der Waals surface area contributed by atoms with Gasteiger partial charge < -0.3 is 19.8 Å². The third-order valence-corrected chi connectivity index (χ3v) is 8.13. The van der Waals surface area contributed by atoms with E-state index < -0.39 is 24.2 Å². The van der Waals surface area contributed by atoms with Crippen LogP contribution in [0.15, 0.2) is 48.5 Å². The molecule has 1 saturated carbocycles. The van der Waals surface area contributed by atoms with Gasteiger partial charge in [0.15, 0.2) is 0 Å². The monoisotopic (exact) mass is 462 g/mol. The van der Waals surface area contributed by atoms with E-state index in [0.717, 1.165) is 37.9 Å². The normalized spacial score (nSPS) is 27.6. The third kappa shape index (κ3) is 4.37. The van der Waals surface area contributed by atoms with E-state index in [9.17, 15) is 4.79 Å². The number of amides is 1. The summed E-state index contributed by atoms with van der Waals surface area (Å²) in [4.78, 5) is 14.9. The van der Waals surface area contributed by atoms with Gasteiger partial charge in [0.05, 0.1) is 16.8 Å². The van der Waals surface area contributed by atoms with Gasteiger partial charge in [0.2, 0.25) is 0 Å². The zero-order valence-corrected chi connectivity index (χ0v) is 20.6. The lowest BCUT2D eigenvalue weighted by Crippen LogP contribution is -2.47. The zero-order valence-electron chi connectivity index (χ0n) is 20.6. The van der Waals surface area contributed by atoms with Crippen LogP contribution in [0.1, 0.15) is 56.5 Å². The van der Waals surface area contributed by atoms with Crippen LogP contribution in [-0.4, -0.2) is 48.3 Å². The Labute approximate surface area is 202 Å². The van der Waals surface area contributed by atoms with Crippen molar-refractivity contribution >= 4 is 18.5 Å². The van der Waals surface area contributed by atoms with Crippen LogP contribution in [0, 0.1) is 11.8 Å². The highest BCUT2D eigenvalue weighted by atomic mass is 16.7. The van der Waals surface area contributed by atoms with Crippen LogP contribution in [0.3, 0.4) is 0 Å². The van der Waals surface area contributed by atoms with Gasteiger partial charge in [-0.3, -0.25) is 9.69 Å². The summed E-state index contributed by atoms with van der Waals surface area (Å²) in [7, 11) is -0.547. The first-order valence-electron chi connectivity index (χ1n) is 12.4. The molecule has 6 nitrogen and oxygen atoms in total. The predicted octanol–water partition coefficient (Wildman–Crippen LogP) is 3.37. The maximum atomic E-state index is 12.4. The molecule has 1 aliphatic carbocycles. The molecule has 2 bridgehead atoms. The highest BCUT2D eigenvalue weighted by Crippen LogP contribution is 2.41. The molecular formula is C27H35BN2O4. The molecule has 5 rings (SSSR count). The van der Waals surface area contributed by atoms with E-state index in [1.165, 1.54) is 5.56 Å². The van der Waals surface area contributed by atoms with E-state index in [0.29, 0.717) is 23.1 Å². The van der Waals surface area contributed by atoms with E-state index in [2.05, 4.69) is 35.2 Å². The molecule has 3 fully saturated rings.